The molecule has 2 aromatic heterocycles. The fourth-order valence-corrected chi connectivity index (χ4v) is 2.23. The van der Waals surface area contributed by atoms with E-state index in [4.69, 9.17) is 0 Å². The van der Waals surface area contributed by atoms with Gasteiger partial charge in [0.15, 0.2) is 0 Å². The van der Waals surface area contributed by atoms with E-state index in [1.54, 1.807) is 6.07 Å². The van der Waals surface area contributed by atoms with Crippen molar-refractivity contribution in [1.82, 2.24) is 20.3 Å². The van der Waals surface area contributed by atoms with Gasteiger partial charge in [-0.15, -0.1) is 0 Å². The Balaban J connectivity index is 1.72. The Morgan fingerprint density at radius 2 is 1.90 bits per heavy atom. The van der Waals surface area contributed by atoms with Crippen molar-refractivity contribution in [2.45, 2.75) is 20.0 Å². The second-order valence-electron chi connectivity index (χ2n) is 4.90. The van der Waals surface area contributed by atoms with E-state index in [-0.39, 0.29) is 5.56 Å². The fraction of sp³-hybridized carbons (Fsp3) is 0.188. The predicted octanol–water partition coefficient (Wildman–Crippen LogP) is 1.92. The van der Waals surface area contributed by atoms with Crippen LogP contribution in [0.4, 0.5) is 0 Å². The zero-order valence-electron chi connectivity index (χ0n) is 11.8. The molecule has 3 aromatic rings. The summed E-state index contributed by atoms with van der Waals surface area (Å²) >= 11 is 0. The molecule has 0 atom stereocenters. The lowest BCUT2D eigenvalue weighted by Gasteiger charge is -2.05. The fourth-order valence-electron chi connectivity index (χ4n) is 2.23. The summed E-state index contributed by atoms with van der Waals surface area (Å²) in [6, 6.07) is 13.2. The number of rotatable bonds is 4. The van der Waals surface area contributed by atoms with Crippen LogP contribution in [0.15, 0.2) is 47.3 Å². The summed E-state index contributed by atoms with van der Waals surface area (Å²) in [6.45, 7) is 3.10. The van der Waals surface area contributed by atoms with Gasteiger partial charge in [-0.3, -0.25) is 9.78 Å². The minimum absolute atomic E-state index is 0.105. The molecule has 0 fully saturated rings. The standard InChI is InChI=1S/C16H16N4O/c1-11-5-4-6-12(18-11)9-17-10-15-19-14-8-3-2-7-13(14)16(21)20-15/h2-8,17H,9-10H2,1H3,(H,19,20,21). The summed E-state index contributed by atoms with van der Waals surface area (Å²) < 4.78 is 0. The topological polar surface area (TPSA) is 70.7 Å². The molecule has 0 saturated heterocycles. The van der Waals surface area contributed by atoms with E-state index in [1.807, 2.05) is 43.3 Å². The first-order valence-corrected chi connectivity index (χ1v) is 6.83. The quantitative estimate of drug-likeness (QED) is 0.766. The van der Waals surface area contributed by atoms with E-state index >= 15 is 0 Å². The highest BCUT2D eigenvalue weighted by molar-refractivity contribution is 5.77. The van der Waals surface area contributed by atoms with Crippen LogP contribution in [-0.4, -0.2) is 15.0 Å². The Morgan fingerprint density at radius 3 is 2.76 bits per heavy atom. The summed E-state index contributed by atoms with van der Waals surface area (Å²) in [5, 5.41) is 3.85. The Kier molecular flexibility index (Phi) is 3.75. The van der Waals surface area contributed by atoms with Crippen molar-refractivity contribution in [3.63, 3.8) is 0 Å². The molecule has 0 aliphatic carbocycles. The number of para-hydroxylation sites is 1. The number of pyridine rings is 1. The first-order chi connectivity index (χ1) is 10.2. The Morgan fingerprint density at radius 1 is 1.05 bits per heavy atom. The zero-order valence-corrected chi connectivity index (χ0v) is 11.8. The molecule has 21 heavy (non-hydrogen) atoms. The van der Waals surface area contributed by atoms with Crippen molar-refractivity contribution < 1.29 is 0 Å². The van der Waals surface area contributed by atoms with Crippen LogP contribution >= 0.6 is 0 Å². The van der Waals surface area contributed by atoms with Crippen LogP contribution in [0.5, 0.6) is 0 Å². The maximum atomic E-state index is 11.9. The maximum absolute atomic E-state index is 11.9. The molecule has 0 saturated carbocycles. The molecular formula is C16H16N4O. The van der Waals surface area contributed by atoms with Crippen molar-refractivity contribution in [2.75, 3.05) is 0 Å². The van der Waals surface area contributed by atoms with E-state index in [9.17, 15) is 4.79 Å². The van der Waals surface area contributed by atoms with Gasteiger partial charge in [-0.2, -0.15) is 0 Å². The normalized spacial score (nSPS) is 10.9. The Bertz CT molecular complexity index is 826. The first kappa shape index (κ1) is 13.5. The number of hydrogen-bond donors (Lipinski definition) is 2. The van der Waals surface area contributed by atoms with Crippen LogP contribution in [0.2, 0.25) is 0 Å². The lowest BCUT2D eigenvalue weighted by molar-refractivity contribution is 0.651. The number of aromatic amines is 1. The molecule has 0 aliphatic rings. The summed E-state index contributed by atoms with van der Waals surface area (Å²) in [5.41, 5.74) is 2.57. The number of hydrogen-bond acceptors (Lipinski definition) is 4. The van der Waals surface area contributed by atoms with Crippen molar-refractivity contribution in [1.29, 1.82) is 0 Å². The van der Waals surface area contributed by atoms with Crippen LogP contribution in [-0.2, 0) is 13.1 Å². The molecule has 5 nitrogen and oxygen atoms in total. The average Bonchev–Trinajstić information content (AvgIpc) is 2.47. The maximum Gasteiger partial charge on any atom is 0.258 e. The molecule has 0 bridgehead atoms. The number of benzene rings is 1. The molecule has 0 radical (unpaired) electrons. The van der Waals surface area contributed by atoms with Crippen molar-refractivity contribution >= 4 is 10.9 Å². The van der Waals surface area contributed by atoms with Gasteiger partial charge >= 0.3 is 0 Å². The van der Waals surface area contributed by atoms with Gasteiger partial charge in [-0.05, 0) is 31.2 Å². The molecule has 106 valence electrons. The molecule has 2 heterocycles. The molecule has 0 amide bonds. The van der Waals surface area contributed by atoms with E-state index in [1.165, 1.54) is 0 Å². The van der Waals surface area contributed by atoms with Gasteiger partial charge < -0.3 is 10.3 Å². The van der Waals surface area contributed by atoms with Gasteiger partial charge in [0.05, 0.1) is 23.1 Å². The molecule has 3 rings (SSSR count). The summed E-state index contributed by atoms with van der Waals surface area (Å²) in [7, 11) is 0. The van der Waals surface area contributed by atoms with Gasteiger partial charge in [-0.1, -0.05) is 18.2 Å². The van der Waals surface area contributed by atoms with Gasteiger partial charge in [-0.25, -0.2) is 4.98 Å². The number of aromatic nitrogens is 3. The lowest BCUT2D eigenvalue weighted by atomic mass is 10.2. The van der Waals surface area contributed by atoms with Gasteiger partial charge in [0.1, 0.15) is 5.82 Å². The summed E-state index contributed by atoms with van der Waals surface area (Å²) in [6.07, 6.45) is 0. The highest BCUT2D eigenvalue weighted by atomic mass is 16.1. The van der Waals surface area contributed by atoms with Gasteiger partial charge in [0.2, 0.25) is 0 Å². The zero-order chi connectivity index (χ0) is 14.7. The molecule has 2 N–H and O–H groups in total. The van der Waals surface area contributed by atoms with Crippen LogP contribution in [0, 0.1) is 6.92 Å². The minimum Gasteiger partial charge on any atom is -0.309 e. The molecule has 0 unspecified atom stereocenters. The highest BCUT2D eigenvalue weighted by Crippen LogP contribution is 2.05. The third kappa shape index (κ3) is 3.14. The number of aryl methyl sites for hydroxylation is 1. The SMILES string of the molecule is Cc1cccc(CNCc2nc3ccccc3c(=O)[nH]2)n1. The summed E-state index contributed by atoms with van der Waals surface area (Å²) in [5.74, 6) is 0.631. The lowest BCUT2D eigenvalue weighted by Crippen LogP contribution is -2.19. The highest BCUT2D eigenvalue weighted by Gasteiger charge is 2.03. The third-order valence-corrected chi connectivity index (χ3v) is 3.21. The predicted molar refractivity (Wildman–Crippen MR) is 81.9 cm³/mol. The smallest absolute Gasteiger partial charge is 0.258 e. The van der Waals surface area contributed by atoms with E-state index in [0.717, 1.165) is 11.4 Å². The van der Waals surface area contributed by atoms with Gasteiger partial charge in [0, 0.05) is 12.2 Å². The van der Waals surface area contributed by atoms with Gasteiger partial charge in [0.25, 0.3) is 5.56 Å². The summed E-state index contributed by atoms with van der Waals surface area (Å²) in [4.78, 5) is 23.6. The second-order valence-corrected chi connectivity index (χ2v) is 4.90. The molecular weight excluding hydrogens is 264 g/mol. The number of nitrogens with one attached hydrogen (secondary N) is 2. The van der Waals surface area contributed by atoms with Crippen LogP contribution in [0.3, 0.4) is 0 Å². The molecule has 0 spiro atoms. The van der Waals surface area contributed by atoms with Crippen LogP contribution in [0.25, 0.3) is 10.9 Å². The monoisotopic (exact) mass is 280 g/mol. The number of H-pyrrole nitrogens is 1. The molecule has 0 aliphatic heterocycles. The molecule has 1 aromatic carbocycles. The largest absolute Gasteiger partial charge is 0.309 e. The van der Waals surface area contributed by atoms with Crippen molar-refractivity contribution in [2.24, 2.45) is 0 Å². The Labute approximate surface area is 122 Å². The van der Waals surface area contributed by atoms with E-state index in [2.05, 4.69) is 20.3 Å². The number of fused-ring (bicyclic) bond motifs is 1. The van der Waals surface area contributed by atoms with E-state index < -0.39 is 0 Å². The van der Waals surface area contributed by atoms with Crippen LogP contribution in [0.1, 0.15) is 17.2 Å². The second kappa shape index (κ2) is 5.85. The third-order valence-electron chi connectivity index (χ3n) is 3.21. The Hall–Kier alpha value is -2.53. The van der Waals surface area contributed by atoms with Crippen molar-refractivity contribution in [3.05, 3.63) is 70.0 Å². The first-order valence-electron chi connectivity index (χ1n) is 6.83. The number of nitrogens with zero attached hydrogens (tertiary/aromatic N) is 2. The van der Waals surface area contributed by atoms with Crippen molar-refractivity contribution in [3.8, 4) is 0 Å². The van der Waals surface area contributed by atoms with Crippen LogP contribution < -0.4 is 10.9 Å². The molecule has 5 heteroatoms. The average molecular weight is 280 g/mol. The van der Waals surface area contributed by atoms with E-state index in [0.29, 0.717) is 29.8 Å². The minimum atomic E-state index is -0.105.